The van der Waals surface area contributed by atoms with E-state index >= 15 is 0 Å². The van der Waals surface area contributed by atoms with Crippen molar-refractivity contribution in [3.05, 3.63) is 0 Å². The van der Waals surface area contributed by atoms with Gasteiger partial charge in [-0.2, -0.15) is 0 Å². The fourth-order valence-corrected chi connectivity index (χ4v) is 2.77. The first-order valence-electron chi connectivity index (χ1n) is 7.79. The molecule has 0 radical (unpaired) electrons. The molecule has 1 unspecified atom stereocenters. The molecule has 0 aromatic rings. The molecule has 2 N–H and O–H groups in total. The Balaban J connectivity index is 2.14. The molecular weight excluding hydrogens is 224 g/mol. The minimum absolute atomic E-state index is 0.311. The SMILES string of the molecule is CCCCCCCCC(=O)N1CCCCC1CN. The number of nitrogens with zero attached hydrogens (tertiary/aromatic N) is 1. The number of carbonyl (C=O) groups is 1. The fraction of sp³-hybridized carbons (Fsp3) is 0.933. The maximum Gasteiger partial charge on any atom is 0.222 e. The summed E-state index contributed by atoms with van der Waals surface area (Å²) in [5.74, 6) is 0.334. The Kier molecular flexibility index (Phi) is 8.06. The van der Waals surface area contributed by atoms with Crippen molar-refractivity contribution in [1.29, 1.82) is 0 Å². The van der Waals surface area contributed by atoms with Gasteiger partial charge < -0.3 is 10.6 Å². The Labute approximate surface area is 112 Å². The summed E-state index contributed by atoms with van der Waals surface area (Å²) in [6, 6.07) is 0.311. The van der Waals surface area contributed by atoms with Gasteiger partial charge in [0, 0.05) is 25.6 Å². The maximum absolute atomic E-state index is 12.1. The molecule has 1 amide bonds. The van der Waals surface area contributed by atoms with Crippen LogP contribution in [-0.2, 0) is 4.79 Å². The topological polar surface area (TPSA) is 46.3 Å². The molecule has 0 saturated carbocycles. The molecule has 0 aromatic carbocycles. The molecule has 3 nitrogen and oxygen atoms in total. The number of rotatable bonds is 8. The van der Waals surface area contributed by atoms with E-state index in [0.717, 1.165) is 32.2 Å². The Morgan fingerprint density at radius 1 is 1.17 bits per heavy atom. The van der Waals surface area contributed by atoms with Crippen molar-refractivity contribution in [3.8, 4) is 0 Å². The van der Waals surface area contributed by atoms with Crippen LogP contribution >= 0.6 is 0 Å². The van der Waals surface area contributed by atoms with E-state index in [1.54, 1.807) is 0 Å². The van der Waals surface area contributed by atoms with E-state index in [1.165, 1.54) is 38.5 Å². The minimum atomic E-state index is 0.311. The lowest BCUT2D eigenvalue weighted by Gasteiger charge is -2.35. The van der Waals surface area contributed by atoms with Gasteiger partial charge in [-0.3, -0.25) is 4.79 Å². The first-order valence-corrected chi connectivity index (χ1v) is 7.79. The number of carbonyl (C=O) groups excluding carboxylic acids is 1. The minimum Gasteiger partial charge on any atom is -0.338 e. The van der Waals surface area contributed by atoms with Crippen LogP contribution in [0.5, 0.6) is 0 Å². The van der Waals surface area contributed by atoms with E-state index in [9.17, 15) is 4.79 Å². The van der Waals surface area contributed by atoms with Crippen LogP contribution in [0.3, 0.4) is 0 Å². The second-order valence-corrected chi connectivity index (χ2v) is 5.49. The molecule has 1 heterocycles. The van der Waals surface area contributed by atoms with E-state index in [1.807, 2.05) is 4.90 Å². The van der Waals surface area contributed by atoms with Crippen LogP contribution in [0.2, 0.25) is 0 Å². The standard InChI is InChI=1S/C15H30N2O/c1-2-3-4-5-6-7-11-15(18)17-12-9-8-10-14(17)13-16/h14H,2-13,16H2,1H3. The number of nitrogens with two attached hydrogens (primary N) is 1. The highest BCUT2D eigenvalue weighted by Gasteiger charge is 2.24. The smallest absolute Gasteiger partial charge is 0.222 e. The molecule has 106 valence electrons. The fourth-order valence-electron chi connectivity index (χ4n) is 2.77. The number of hydrogen-bond donors (Lipinski definition) is 1. The van der Waals surface area contributed by atoms with E-state index in [0.29, 0.717) is 18.5 Å². The highest BCUT2D eigenvalue weighted by molar-refractivity contribution is 5.76. The average Bonchev–Trinajstić information content (AvgIpc) is 2.42. The average molecular weight is 254 g/mol. The quantitative estimate of drug-likeness (QED) is 0.677. The molecule has 0 bridgehead atoms. The zero-order valence-corrected chi connectivity index (χ0v) is 12.0. The molecule has 1 atom stereocenters. The summed E-state index contributed by atoms with van der Waals surface area (Å²) >= 11 is 0. The number of amides is 1. The predicted molar refractivity (Wildman–Crippen MR) is 76.4 cm³/mol. The van der Waals surface area contributed by atoms with Gasteiger partial charge in [-0.25, -0.2) is 0 Å². The third-order valence-corrected chi connectivity index (χ3v) is 3.96. The van der Waals surface area contributed by atoms with Crippen molar-refractivity contribution >= 4 is 5.91 Å². The monoisotopic (exact) mass is 254 g/mol. The molecule has 1 saturated heterocycles. The van der Waals surface area contributed by atoms with Crippen molar-refractivity contribution in [2.24, 2.45) is 5.73 Å². The predicted octanol–water partition coefficient (Wildman–Crippen LogP) is 3.08. The van der Waals surface area contributed by atoms with E-state index < -0.39 is 0 Å². The Morgan fingerprint density at radius 2 is 1.89 bits per heavy atom. The Bertz CT molecular complexity index is 231. The van der Waals surface area contributed by atoms with Gasteiger partial charge in [0.25, 0.3) is 0 Å². The zero-order chi connectivity index (χ0) is 13.2. The van der Waals surface area contributed by atoms with Gasteiger partial charge in [0.15, 0.2) is 0 Å². The molecule has 0 spiro atoms. The molecule has 0 aliphatic carbocycles. The van der Waals surface area contributed by atoms with Crippen molar-refractivity contribution in [1.82, 2.24) is 4.90 Å². The summed E-state index contributed by atoms with van der Waals surface area (Å²) in [5.41, 5.74) is 5.75. The maximum atomic E-state index is 12.1. The van der Waals surface area contributed by atoms with Crippen LogP contribution in [0.15, 0.2) is 0 Å². The zero-order valence-electron chi connectivity index (χ0n) is 12.0. The summed E-state index contributed by atoms with van der Waals surface area (Å²) < 4.78 is 0. The number of hydrogen-bond acceptors (Lipinski definition) is 2. The lowest BCUT2D eigenvalue weighted by molar-refractivity contribution is -0.134. The van der Waals surface area contributed by atoms with Crippen molar-refractivity contribution in [2.75, 3.05) is 13.1 Å². The molecule has 3 heteroatoms. The summed E-state index contributed by atoms with van der Waals surface area (Å²) in [5, 5.41) is 0. The lowest BCUT2D eigenvalue weighted by atomic mass is 10.0. The third-order valence-electron chi connectivity index (χ3n) is 3.96. The van der Waals surface area contributed by atoms with Crippen molar-refractivity contribution in [3.63, 3.8) is 0 Å². The first-order chi connectivity index (χ1) is 8.79. The van der Waals surface area contributed by atoms with Crippen molar-refractivity contribution < 1.29 is 4.79 Å². The van der Waals surface area contributed by atoms with Gasteiger partial charge in [-0.15, -0.1) is 0 Å². The van der Waals surface area contributed by atoms with E-state index in [2.05, 4.69) is 6.92 Å². The van der Waals surface area contributed by atoms with Crippen LogP contribution in [0.1, 0.15) is 71.1 Å². The van der Waals surface area contributed by atoms with Gasteiger partial charge in [0.05, 0.1) is 0 Å². The largest absolute Gasteiger partial charge is 0.338 e. The summed E-state index contributed by atoms with van der Waals surface area (Å²) in [7, 11) is 0. The molecular formula is C15H30N2O. The molecule has 1 aliphatic rings. The van der Waals surface area contributed by atoms with Crippen LogP contribution in [-0.4, -0.2) is 29.9 Å². The first kappa shape index (κ1) is 15.5. The Hall–Kier alpha value is -0.570. The number of piperidine rings is 1. The van der Waals surface area contributed by atoms with Crippen LogP contribution < -0.4 is 5.73 Å². The van der Waals surface area contributed by atoms with Gasteiger partial charge in [0.2, 0.25) is 5.91 Å². The number of unbranched alkanes of at least 4 members (excludes halogenated alkanes) is 5. The normalized spacial score (nSPS) is 20.1. The Morgan fingerprint density at radius 3 is 2.61 bits per heavy atom. The highest BCUT2D eigenvalue weighted by Crippen LogP contribution is 2.18. The van der Waals surface area contributed by atoms with Crippen LogP contribution in [0.4, 0.5) is 0 Å². The van der Waals surface area contributed by atoms with E-state index in [-0.39, 0.29) is 0 Å². The molecule has 1 rings (SSSR count). The second-order valence-electron chi connectivity index (χ2n) is 5.49. The van der Waals surface area contributed by atoms with Gasteiger partial charge in [0.1, 0.15) is 0 Å². The molecule has 1 aliphatic heterocycles. The van der Waals surface area contributed by atoms with Gasteiger partial charge in [-0.05, 0) is 25.7 Å². The van der Waals surface area contributed by atoms with Crippen LogP contribution in [0.25, 0.3) is 0 Å². The van der Waals surface area contributed by atoms with Crippen molar-refractivity contribution in [2.45, 2.75) is 77.2 Å². The van der Waals surface area contributed by atoms with Gasteiger partial charge in [-0.1, -0.05) is 39.0 Å². The lowest BCUT2D eigenvalue weighted by Crippen LogP contribution is -2.47. The molecule has 18 heavy (non-hydrogen) atoms. The summed E-state index contributed by atoms with van der Waals surface area (Å²) in [6.45, 7) is 3.78. The van der Waals surface area contributed by atoms with Gasteiger partial charge >= 0.3 is 0 Å². The van der Waals surface area contributed by atoms with E-state index in [4.69, 9.17) is 5.73 Å². The molecule has 0 aromatic heterocycles. The number of likely N-dealkylation sites (tertiary alicyclic amines) is 1. The van der Waals surface area contributed by atoms with Crippen LogP contribution in [0, 0.1) is 0 Å². The highest BCUT2D eigenvalue weighted by atomic mass is 16.2. The third kappa shape index (κ3) is 5.38. The summed E-state index contributed by atoms with van der Waals surface area (Å²) in [6.07, 6.45) is 11.7. The summed E-state index contributed by atoms with van der Waals surface area (Å²) in [4.78, 5) is 14.2. The molecule has 1 fully saturated rings. The second kappa shape index (κ2) is 9.37.